The van der Waals surface area contributed by atoms with Gasteiger partial charge in [-0.15, -0.1) is 11.3 Å². The van der Waals surface area contributed by atoms with Gasteiger partial charge in [-0.25, -0.2) is 4.98 Å². The highest BCUT2D eigenvalue weighted by atomic mass is 32.1. The van der Waals surface area contributed by atoms with Crippen molar-refractivity contribution < 1.29 is 4.79 Å². The molecule has 0 aliphatic carbocycles. The Morgan fingerprint density at radius 2 is 2.26 bits per heavy atom. The van der Waals surface area contributed by atoms with Gasteiger partial charge in [0.1, 0.15) is 5.69 Å². The van der Waals surface area contributed by atoms with E-state index in [2.05, 4.69) is 30.8 Å². The first-order valence-electron chi connectivity index (χ1n) is 6.59. The standard InChI is InChI=1S/C13H22N4OS/c1-13(2)9-17(7-6-16(13)3)12(18)10-8-19-11(15-10)4-5-14/h8H,4-7,9,14H2,1-3H3. The van der Waals surface area contributed by atoms with Crippen LogP contribution in [0.3, 0.4) is 0 Å². The van der Waals surface area contributed by atoms with Crippen molar-refractivity contribution in [2.45, 2.75) is 25.8 Å². The largest absolute Gasteiger partial charge is 0.334 e. The average molecular weight is 282 g/mol. The van der Waals surface area contributed by atoms with Gasteiger partial charge in [0.05, 0.1) is 5.01 Å². The van der Waals surface area contributed by atoms with Gasteiger partial charge in [-0.2, -0.15) is 0 Å². The van der Waals surface area contributed by atoms with E-state index < -0.39 is 0 Å². The Kier molecular flexibility index (Phi) is 4.23. The van der Waals surface area contributed by atoms with E-state index in [4.69, 9.17) is 5.73 Å². The van der Waals surface area contributed by atoms with Gasteiger partial charge in [0.2, 0.25) is 0 Å². The summed E-state index contributed by atoms with van der Waals surface area (Å²) in [5.41, 5.74) is 6.09. The van der Waals surface area contributed by atoms with Crippen molar-refractivity contribution in [3.05, 3.63) is 16.1 Å². The molecule has 1 aromatic heterocycles. The van der Waals surface area contributed by atoms with E-state index in [1.54, 1.807) is 0 Å². The van der Waals surface area contributed by atoms with Crippen molar-refractivity contribution >= 4 is 17.2 Å². The van der Waals surface area contributed by atoms with Crippen LogP contribution in [-0.2, 0) is 6.42 Å². The van der Waals surface area contributed by atoms with Gasteiger partial charge in [0.15, 0.2) is 0 Å². The van der Waals surface area contributed by atoms with E-state index in [-0.39, 0.29) is 11.4 Å². The van der Waals surface area contributed by atoms with E-state index >= 15 is 0 Å². The predicted octanol–water partition coefficient (Wildman–Crippen LogP) is 0.810. The maximum Gasteiger partial charge on any atom is 0.273 e. The number of carbonyl (C=O) groups is 1. The van der Waals surface area contributed by atoms with Crippen molar-refractivity contribution in [1.29, 1.82) is 0 Å². The minimum atomic E-state index is 0.0179. The number of hydrogen-bond acceptors (Lipinski definition) is 5. The molecule has 0 saturated carbocycles. The number of carbonyl (C=O) groups excluding carboxylic acids is 1. The third kappa shape index (κ3) is 3.13. The van der Waals surface area contributed by atoms with Crippen LogP contribution in [0.25, 0.3) is 0 Å². The number of hydrogen-bond donors (Lipinski definition) is 1. The Morgan fingerprint density at radius 1 is 1.53 bits per heavy atom. The molecule has 19 heavy (non-hydrogen) atoms. The third-order valence-corrected chi connectivity index (χ3v) is 4.64. The second kappa shape index (κ2) is 5.56. The molecule has 0 aromatic carbocycles. The van der Waals surface area contributed by atoms with Crippen molar-refractivity contribution in [2.75, 3.05) is 33.2 Å². The molecule has 2 rings (SSSR count). The molecule has 1 saturated heterocycles. The van der Waals surface area contributed by atoms with Crippen LogP contribution in [0.2, 0.25) is 0 Å². The first-order valence-corrected chi connectivity index (χ1v) is 7.47. The molecule has 6 heteroatoms. The maximum absolute atomic E-state index is 12.4. The zero-order valence-corrected chi connectivity index (χ0v) is 12.7. The lowest BCUT2D eigenvalue weighted by Crippen LogP contribution is -2.58. The predicted molar refractivity (Wildman–Crippen MR) is 77.5 cm³/mol. The van der Waals surface area contributed by atoms with Crippen molar-refractivity contribution in [3.8, 4) is 0 Å². The Hall–Kier alpha value is -0.980. The molecule has 1 amide bonds. The molecule has 0 unspecified atom stereocenters. The number of amides is 1. The number of nitrogens with zero attached hydrogens (tertiary/aromatic N) is 3. The fraction of sp³-hybridized carbons (Fsp3) is 0.692. The average Bonchev–Trinajstić information content (AvgIpc) is 2.81. The highest BCUT2D eigenvalue weighted by Gasteiger charge is 2.34. The van der Waals surface area contributed by atoms with Gasteiger partial charge in [-0.05, 0) is 27.4 Å². The van der Waals surface area contributed by atoms with Crippen LogP contribution in [0, 0.1) is 0 Å². The van der Waals surface area contributed by atoms with Gasteiger partial charge in [-0.3, -0.25) is 9.69 Å². The Morgan fingerprint density at radius 3 is 2.89 bits per heavy atom. The molecule has 0 spiro atoms. The van der Waals surface area contributed by atoms with Crippen LogP contribution in [0.1, 0.15) is 29.3 Å². The normalized spacial score (nSPS) is 19.7. The van der Waals surface area contributed by atoms with Crippen LogP contribution in [-0.4, -0.2) is 59.5 Å². The summed E-state index contributed by atoms with van der Waals surface area (Å²) in [4.78, 5) is 21.0. The van der Waals surface area contributed by atoms with E-state index in [1.807, 2.05) is 10.3 Å². The van der Waals surface area contributed by atoms with Crippen molar-refractivity contribution in [3.63, 3.8) is 0 Å². The number of aromatic nitrogens is 1. The first kappa shape index (κ1) is 14.4. The highest BCUT2D eigenvalue weighted by Crippen LogP contribution is 2.21. The van der Waals surface area contributed by atoms with E-state index in [9.17, 15) is 4.79 Å². The number of rotatable bonds is 3. The highest BCUT2D eigenvalue weighted by molar-refractivity contribution is 7.09. The molecule has 0 bridgehead atoms. The minimum Gasteiger partial charge on any atom is -0.334 e. The van der Waals surface area contributed by atoms with Crippen LogP contribution in [0.4, 0.5) is 0 Å². The second-order valence-electron chi connectivity index (χ2n) is 5.63. The molecule has 5 nitrogen and oxygen atoms in total. The Bertz CT molecular complexity index is 457. The van der Waals surface area contributed by atoms with Crippen LogP contribution in [0.15, 0.2) is 5.38 Å². The minimum absolute atomic E-state index is 0.0179. The number of piperazine rings is 1. The summed E-state index contributed by atoms with van der Waals surface area (Å²) in [5.74, 6) is 0.0423. The molecule has 106 valence electrons. The lowest BCUT2D eigenvalue weighted by molar-refractivity contribution is 0.0307. The second-order valence-corrected chi connectivity index (χ2v) is 6.57. The lowest BCUT2D eigenvalue weighted by Gasteiger charge is -2.45. The summed E-state index contributed by atoms with van der Waals surface area (Å²) in [6, 6.07) is 0. The summed E-state index contributed by atoms with van der Waals surface area (Å²) >= 11 is 1.52. The van der Waals surface area contributed by atoms with Gasteiger partial charge < -0.3 is 10.6 Å². The fourth-order valence-corrected chi connectivity index (χ4v) is 3.01. The summed E-state index contributed by atoms with van der Waals surface area (Å²) in [5, 5.41) is 2.79. The summed E-state index contributed by atoms with van der Waals surface area (Å²) in [6.45, 7) is 7.30. The molecule has 2 N–H and O–H groups in total. The first-order chi connectivity index (χ1) is 8.94. The fourth-order valence-electron chi connectivity index (χ4n) is 2.22. The van der Waals surface area contributed by atoms with Crippen LogP contribution >= 0.6 is 11.3 Å². The molecular formula is C13H22N4OS. The van der Waals surface area contributed by atoms with Crippen LogP contribution in [0.5, 0.6) is 0 Å². The monoisotopic (exact) mass is 282 g/mol. The zero-order valence-electron chi connectivity index (χ0n) is 11.8. The number of likely N-dealkylation sites (N-methyl/N-ethyl adjacent to an activating group) is 1. The van der Waals surface area contributed by atoms with Gasteiger partial charge in [0.25, 0.3) is 5.91 Å². The summed E-state index contributed by atoms with van der Waals surface area (Å²) < 4.78 is 0. The molecule has 2 heterocycles. The smallest absolute Gasteiger partial charge is 0.273 e. The molecule has 1 aliphatic heterocycles. The zero-order chi connectivity index (χ0) is 14.0. The quantitative estimate of drug-likeness (QED) is 0.891. The Labute approximate surface area is 118 Å². The van der Waals surface area contributed by atoms with Crippen LogP contribution < -0.4 is 5.73 Å². The summed E-state index contributed by atoms with van der Waals surface area (Å²) in [7, 11) is 2.10. The molecular weight excluding hydrogens is 260 g/mol. The van der Waals surface area contributed by atoms with Gasteiger partial charge >= 0.3 is 0 Å². The SMILES string of the molecule is CN1CCN(C(=O)c2csc(CCN)n2)CC1(C)C. The van der Waals surface area contributed by atoms with Gasteiger partial charge in [0, 0.05) is 37.0 Å². The Balaban J connectivity index is 2.07. The maximum atomic E-state index is 12.4. The third-order valence-electron chi connectivity index (χ3n) is 3.73. The number of nitrogens with two attached hydrogens (primary N) is 1. The van der Waals surface area contributed by atoms with Crippen molar-refractivity contribution in [1.82, 2.24) is 14.8 Å². The lowest BCUT2D eigenvalue weighted by atomic mass is 9.99. The van der Waals surface area contributed by atoms with E-state index in [0.717, 1.165) is 31.1 Å². The molecule has 1 fully saturated rings. The molecule has 0 radical (unpaired) electrons. The topological polar surface area (TPSA) is 62.5 Å². The van der Waals surface area contributed by atoms with Gasteiger partial charge in [-0.1, -0.05) is 0 Å². The summed E-state index contributed by atoms with van der Waals surface area (Å²) in [6.07, 6.45) is 0.742. The molecule has 0 atom stereocenters. The van der Waals surface area contributed by atoms with E-state index in [0.29, 0.717) is 12.2 Å². The number of thiazole rings is 1. The molecule has 1 aromatic rings. The van der Waals surface area contributed by atoms with E-state index in [1.165, 1.54) is 11.3 Å². The molecule has 1 aliphatic rings. The van der Waals surface area contributed by atoms with Crippen molar-refractivity contribution in [2.24, 2.45) is 5.73 Å².